The number of alkyl halides is 1. The van der Waals surface area contributed by atoms with Gasteiger partial charge in [-0.15, -0.1) is 0 Å². The van der Waals surface area contributed by atoms with Crippen LogP contribution in [-0.2, 0) is 4.79 Å². The molecule has 0 unspecified atom stereocenters. The summed E-state index contributed by atoms with van der Waals surface area (Å²) in [7, 11) is 0. The molecule has 1 heterocycles. The third-order valence-electron chi connectivity index (χ3n) is 0.754. The van der Waals surface area contributed by atoms with Crippen LogP contribution in [0.2, 0.25) is 0 Å². The molecule has 0 radical (unpaired) electrons. The summed E-state index contributed by atoms with van der Waals surface area (Å²) in [6.45, 7) is -1.28. The van der Waals surface area contributed by atoms with E-state index in [1.165, 1.54) is 24.5 Å². The number of halogens is 2. The lowest BCUT2D eigenvalue weighted by Gasteiger charge is -1.78. The van der Waals surface area contributed by atoms with E-state index in [1.807, 2.05) is 0 Å². The molecule has 1 aromatic rings. The van der Waals surface area contributed by atoms with Crippen molar-refractivity contribution in [3.8, 4) is 0 Å². The second-order valence-electron chi connectivity index (χ2n) is 1.69. The summed E-state index contributed by atoms with van der Waals surface area (Å²) in [5.41, 5.74) is 0. The third kappa shape index (κ3) is 6.60. The zero-order valence-corrected chi connectivity index (χ0v) is 6.08. The predicted octanol–water partition coefficient (Wildman–Crippen LogP) is 1.26. The van der Waals surface area contributed by atoms with Crippen LogP contribution in [0.5, 0.6) is 0 Å². The Labute approximate surface area is 67.7 Å². The average molecular weight is 175 g/mol. The fourth-order valence-corrected chi connectivity index (χ4v) is 0.334. The molecule has 0 bridgehead atoms. The summed E-state index contributed by atoms with van der Waals surface area (Å²) in [6, 6.07) is 2.61. The van der Waals surface area contributed by atoms with Crippen LogP contribution in [0, 0.1) is 5.82 Å². The van der Waals surface area contributed by atoms with Crippen LogP contribution in [0.1, 0.15) is 0 Å². The summed E-state index contributed by atoms with van der Waals surface area (Å²) in [5.74, 6) is -1.65. The van der Waals surface area contributed by atoms with Gasteiger partial charge in [0.15, 0.2) is 6.67 Å². The van der Waals surface area contributed by atoms with E-state index in [1.54, 1.807) is 0 Å². The largest absolute Gasteiger partial charge is 0.479 e. The number of hydrogen-bond donors (Lipinski definition) is 1. The van der Waals surface area contributed by atoms with Crippen LogP contribution in [0.25, 0.3) is 0 Å². The minimum atomic E-state index is -1.41. The highest BCUT2D eigenvalue weighted by Gasteiger charge is 1.85. The number of pyridine rings is 1. The van der Waals surface area contributed by atoms with Crippen molar-refractivity contribution in [3.05, 3.63) is 30.3 Å². The van der Waals surface area contributed by atoms with Crippen molar-refractivity contribution in [2.45, 2.75) is 0 Å². The van der Waals surface area contributed by atoms with E-state index < -0.39 is 12.6 Å². The maximum Gasteiger partial charge on any atom is 0.335 e. The fourth-order valence-electron chi connectivity index (χ4n) is 0.334. The molecule has 0 aliphatic heterocycles. The summed E-state index contributed by atoms with van der Waals surface area (Å²) in [6.07, 6.45) is 2.82. The van der Waals surface area contributed by atoms with E-state index in [9.17, 15) is 8.78 Å². The van der Waals surface area contributed by atoms with Gasteiger partial charge in [-0.25, -0.2) is 13.6 Å². The van der Waals surface area contributed by atoms with E-state index in [0.29, 0.717) is 0 Å². The Morgan fingerprint density at radius 1 is 1.50 bits per heavy atom. The maximum atomic E-state index is 11.9. The number of aliphatic carboxylic acids is 1. The second kappa shape index (κ2) is 6.21. The average Bonchev–Trinajstić information content (AvgIpc) is 2.07. The van der Waals surface area contributed by atoms with Gasteiger partial charge in [-0.05, 0) is 12.1 Å². The quantitative estimate of drug-likeness (QED) is 0.699. The Morgan fingerprint density at radius 2 is 1.92 bits per heavy atom. The van der Waals surface area contributed by atoms with E-state index in [0.717, 1.165) is 0 Å². The second-order valence-corrected chi connectivity index (χ2v) is 1.69. The molecule has 0 aliphatic carbocycles. The van der Waals surface area contributed by atoms with Gasteiger partial charge in [-0.2, -0.15) is 0 Å². The molecule has 0 saturated carbocycles. The Morgan fingerprint density at radius 3 is 2.08 bits per heavy atom. The van der Waals surface area contributed by atoms with E-state index in [4.69, 9.17) is 9.90 Å². The van der Waals surface area contributed by atoms with Gasteiger partial charge in [0.1, 0.15) is 5.82 Å². The molecule has 0 atom stereocenters. The summed E-state index contributed by atoms with van der Waals surface area (Å²) >= 11 is 0. The van der Waals surface area contributed by atoms with Crippen LogP contribution in [0.3, 0.4) is 0 Å². The van der Waals surface area contributed by atoms with Gasteiger partial charge in [0.05, 0.1) is 0 Å². The molecule has 0 spiro atoms. The third-order valence-corrected chi connectivity index (χ3v) is 0.754. The van der Waals surface area contributed by atoms with Crippen LogP contribution < -0.4 is 0 Å². The molecule has 12 heavy (non-hydrogen) atoms. The Kier molecular flexibility index (Phi) is 5.42. The molecule has 1 N–H and O–H groups in total. The first-order valence-electron chi connectivity index (χ1n) is 3.00. The predicted molar refractivity (Wildman–Crippen MR) is 37.8 cm³/mol. The highest BCUT2D eigenvalue weighted by Crippen LogP contribution is 1.88. The molecule has 1 aromatic heterocycles. The van der Waals surface area contributed by atoms with E-state index in [-0.39, 0.29) is 5.82 Å². The van der Waals surface area contributed by atoms with Crippen LogP contribution in [0.4, 0.5) is 8.78 Å². The molecule has 0 fully saturated rings. The smallest absolute Gasteiger partial charge is 0.335 e. The topological polar surface area (TPSA) is 50.2 Å². The van der Waals surface area contributed by atoms with Crippen molar-refractivity contribution in [2.24, 2.45) is 0 Å². The Balaban J connectivity index is 0.000000217. The van der Waals surface area contributed by atoms with Crippen LogP contribution >= 0.6 is 0 Å². The summed E-state index contributed by atoms with van der Waals surface area (Å²) in [5, 5.41) is 7.35. The standard InChI is InChI=1S/C5H4FN.C2H3FO2/c6-5-1-3-7-4-2-5;3-1-2(4)5/h1-4H;1H2,(H,4,5). The lowest BCUT2D eigenvalue weighted by atomic mass is 10.5. The van der Waals surface area contributed by atoms with Gasteiger partial charge >= 0.3 is 5.97 Å². The molecule has 5 heteroatoms. The minimum absolute atomic E-state index is 0.241. The SMILES string of the molecule is Fc1ccncc1.O=C(O)CF. The molecule has 0 amide bonds. The molecule has 66 valence electrons. The first-order chi connectivity index (χ1) is 5.66. The molecular formula is C7H7F2NO2. The van der Waals surface area contributed by atoms with Crippen molar-refractivity contribution in [1.82, 2.24) is 4.98 Å². The molecule has 0 saturated heterocycles. The zero-order chi connectivity index (χ0) is 9.40. The highest BCUT2D eigenvalue weighted by molar-refractivity contribution is 5.67. The highest BCUT2D eigenvalue weighted by atomic mass is 19.1. The zero-order valence-electron chi connectivity index (χ0n) is 6.08. The molecule has 1 rings (SSSR count). The fraction of sp³-hybridized carbons (Fsp3) is 0.143. The number of carboxylic acid groups (broad SMARTS) is 1. The lowest BCUT2D eigenvalue weighted by molar-refractivity contribution is -0.137. The summed E-state index contributed by atoms with van der Waals surface area (Å²) in [4.78, 5) is 12.6. The number of rotatable bonds is 1. The lowest BCUT2D eigenvalue weighted by Crippen LogP contribution is -1.93. The van der Waals surface area contributed by atoms with Crippen molar-refractivity contribution in [2.75, 3.05) is 6.67 Å². The Bertz CT molecular complexity index is 228. The number of hydrogen-bond acceptors (Lipinski definition) is 2. The van der Waals surface area contributed by atoms with Gasteiger partial charge in [0, 0.05) is 12.4 Å². The van der Waals surface area contributed by atoms with E-state index in [2.05, 4.69) is 4.98 Å². The van der Waals surface area contributed by atoms with Crippen LogP contribution in [0.15, 0.2) is 24.5 Å². The summed E-state index contributed by atoms with van der Waals surface area (Å²) < 4.78 is 22.4. The van der Waals surface area contributed by atoms with Gasteiger partial charge in [-0.1, -0.05) is 0 Å². The monoisotopic (exact) mass is 175 g/mol. The number of carboxylic acids is 1. The van der Waals surface area contributed by atoms with Crippen molar-refractivity contribution >= 4 is 5.97 Å². The number of carbonyl (C=O) groups is 1. The minimum Gasteiger partial charge on any atom is -0.479 e. The van der Waals surface area contributed by atoms with Gasteiger partial charge < -0.3 is 5.11 Å². The van der Waals surface area contributed by atoms with Crippen molar-refractivity contribution < 1.29 is 18.7 Å². The molecule has 0 aliphatic rings. The Hall–Kier alpha value is -1.52. The first-order valence-corrected chi connectivity index (χ1v) is 3.00. The first kappa shape index (κ1) is 10.5. The van der Waals surface area contributed by atoms with Gasteiger partial charge in [-0.3, -0.25) is 4.98 Å². The normalized spacial score (nSPS) is 8.17. The van der Waals surface area contributed by atoms with Crippen molar-refractivity contribution in [1.29, 1.82) is 0 Å². The van der Waals surface area contributed by atoms with Crippen LogP contribution in [-0.4, -0.2) is 22.7 Å². The molecule has 0 aromatic carbocycles. The molecule has 3 nitrogen and oxygen atoms in total. The number of nitrogens with zero attached hydrogens (tertiary/aromatic N) is 1. The van der Waals surface area contributed by atoms with E-state index >= 15 is 0 Å². The maximum absolute atomic E-state index is 11.9. The van der Waals surface area contributed by atoms with Gasteiger partial charge in [0.25, 0.3) is 0 Å². The van der Waals surface area contributed by atoms with Crippen molar-refractivity contribution in [3.63, 3.8) is 0 Å². The van der Waals surface area contributed by atoms with Gasteiger partial charge in [0.2, 0.25) is 0 Å². The number of aromatic nitrogens is 1. The molecular weight excluding hydrogens is 168 g/mol.